The third kappa shape index (κ3) is 4.20. The van der Waals surface area contributed by atoms with Crippen LogP contribution in [0.25, 0.3) is 0 Å². The van der Waals surface area contributed by atoms with Crippen LogP contribution in [0.3, 0.4) is 0 Å². The molecule has 0 bridgehead atoms. The largest absolute Gasteiger partial charge is 0.398 e. The fourth-order valence-corrected chi connectivity index (χ4v) is 3.69. The SMILES string of the molecule is Cc1cc(C)c(NC(=O)CN2CCCc3c(N)cccc32)c(Cl)c1.Cl. The molecule has 0 saturated heterocycles. The number of nitrogens with zero attached hydrogens (tertiary/aromatic N) is 1. The number of aryl methyl sites for hydroxylation is 2. The van der Waals surface area contributed by atoms with Crippen molar-refractivity contribution in [3.05, 3.63) is 52.0 Å². The first kappa shape index (κ1) is 19.4. The molecule has 1 aliphatic heterocycles. The Balaban J connectivity index is 0.00000225. The first-order valence-corrected chi connectivity index (χ1v) is 8.52. The highest BCUT2D eigenvalue weighted by Gasteiger charge is 2.21. The van der Waals surface area contributed by atoms with Gasteiger partial charge in [-0.25, -0.2) is 0 Å². The van der Waals surface area contributed by atoms with Gasteiger partial charge in [-0.2, -0.15) is 0 Å². The molecule has 6 heteroatoms. The Morgan fingerprint density at radius 2 is 2.08 bits per heavy atom. The Hall–Kier alpha value is -1.91. The van der Waals surface area contributed by atoms with Crippen LogP contribution in [0.1, 0.15) is 23.1 Å². The maximum absolute atomic E-state index is 12.5. The summed E-state index contributed by atoms with van der Waals surface area (Å²) in [5.74, 6) is -0.0703. The Morgan fingerprint density at radius 3 is 2.80 bits per heavy atom. The maximum Gasteiger partial charge on any atom is 0.243 e. The van der Waals surface area contributed by atoms with Crippen molar-refractivity contribution in [3.63, 3.8) is 0 Å². The van der Waals surface area contributed by atoms with Gasteiger partial charge >= 0.3 is 0 Å². The number of rotatable bonds is 3. The third-order valence-corrected chi connectivity index (χ3v) is 4.71. The molecule has 4 nitrogen and oxygen atoms in total. The molecule has 0 aliphatic carbocycles. The van der Waals surface area contributed by atoms with Gasteiger partial charge in [0.15, 0.2) is 0 Å². The van der Waals surface area contributed by atoms with Crippen LogP contribution in [0, 0.1) is 13.8 Å². The van der Waals surface area contributed by atoms with E-state index in [1.165, 1.54) is 0 Å². The fraction of sp³-hybridized carbons (Fsp3) is 0.316. The highest BCUT2D eigenvalue weighted by Crippen LogP contribution is 2.31. The zero-order chi connectivity index (χ0) is 17.3. The number of halogens is 2. The Morgan fingerprint density at radius 1 is 1.32 bits per heavy atom. The van der Waals surface area contributed by atoms with E-state index in [9.17, 15) is 4.79 Å². The van der Waals surface area contributed by atoms with Gasteiger partial charge in [0.25, 0.3) is 0 Å². The number of carbonyl (C=O) groups excluding carboxylic acids is 1. The van der Waals surface area contributed by atoms with E-state index in [-0.39, 0.29) is 18.3 Å². The molecule has 0 saturated carbocycles. The lowest BCUT2D eigenvalue weighted by atomic mass is 10.00. The van der Waals surface area contributed by atoms with Crippen LogP contribution in [-0.2, 0) is 11.2 Å². The molecule has 134 valence electrons. The summed E-state index contributed by atoms with van der Waals surface area (Å²) in [6, 6.07) is 9.75. The van der Waals surface area contributed by atoms with Crippen molar-refractivity contribution in [2.24, 2.45) is 0 Å². The van der Waals surface area contributed by atoms with E-state index in [0.717, 1.165) is 47.5 Å². The molecule has 25 heavy (non-hydrogen) atoms. The van der Waals surface area contributed by atoms with Gasteiger partial charge in [0.05, 0.1) is 17.3 Å². The van der Waals surface area contributed by atoms with Gasteiger partial charge < -0.3 is 16.0 Å². The molecule has 0 atom stereocenters. The number of hydrogen-bond donors (Lipinski definition) is 2. The standard InChI is InChI=1S/C19H22ClN3O.ClH/c1-12-9-13(2)19(15(20)10-12)22-18(24)11-23-8-4-5-14-16(21)6-3-7-17(14)23;/h3,6-7,9-10H,4-5,8,11,21H2,1-2H3,(H,22,24);1H. The van der Waals surface area contributed by atoms with Crippen LogP contribution in [0.5, 0.6) is 0 Å². The number of fused-ring (bicyclic) bond motifs is 1. The molecule has 0 spiro atoms. The third-order valence-electron chi connectivity index (χ3n) is 4.41. The number of amides is 1. The van der Waals surface area contributed by atoms with Crippen molar-refractivity contribution in [1.29, 1.82) is 0 Å². The summed E-state index contributed by atoms with van der Waals surface area (Å²) in [4.78, 5) is 14.6. The zero-order valence-electron chi connectivity index (χ0n) is 14.4. The Kier molecular flexibility index (Phi) is 6.20. The molecule has 1 amide bonds. The summed E-state index contributed by atoms with van der Waals surface area (Å²) < 4.78 is 0. The van der Waals surface area contributed by atoms with E-state index in [2.05, 4.69) is 10.2 Å². The van der Waals surface area contributed by atoms with Crippen LogP contribution < -0.4 is 16.0 Å². The van der Waals surface area contributed by atoms with Crippen molar-refractivity contribution in [2.45, 2.75) is 26.7 Å². The molecular weight excluding hydrogens is 357 g/mol. The summed E-state index contributed by atoms with van der Waals surface area (Å²) in [6.07, 6.45) is 1.96. The summed E-state index contributed by atoms with van der Waals surface area (Å²) >= 11 is 6.28. The second-order valence-corrected chi connectivity index (χ2v) is 6.76. The topological polar surface area (TPSA) is 58.4 Å². The second kappa shape index (κ2) is 7.98. The van der Waals surface area contributed by atoms with Crippen molar-refractivity contribution in [3.8, 4) is 0 Å². The molecule has 0 fully saturated rings. The lowest BCUT2D eigenvalue weighted by molar-refractivity contribution is -0.115. The minimum absolute atomic E-state index is 0. The maximum atomic E-state index is 12.5. The summed E-state index contributed by atoms with van der Waals surface area (Å²) in [5.41, 5.74) is 11.8. The normalized spacial score (nSPS) is 13.0. The molecule has 2 aromatic carbocycles. The van der Waals surface area contributed by atoms with Gasteiger partial charge in [0.2, 0.25) is 5.91 Å². The number of nitrogens with two attached hydrogens (primary N) is 1. The van der Waals surface area contributed by atoms with Crippen molar-refractivity contribution in [1.82, 2.24) is 0 Å². The molecule has 3 rings (SSSR count). The molecule has 0 unspecified atom stereocenters. The van der Waals surface area contributed by atoms with Crippen LogP contribution >= 0.6 is 24.0 Å². The summed E-state index contributed by atoms with van der Waals surface area (Å²) in [5, 5.41) is 3.53. The molecule has 1 heterocycles. The van der Waals surface area contributed by atoms with E-state index in [1.54, 1.807) is 0 Å². The second-order valence-electron chi connectivity index (χ2n) is 6.36. The highest BCUT2D eigenvalue weighted by molar-refractivity contribution is 6.34. The van der Waals surface area contributed by atoms with Gasteiger partial charge in [-0.15, -0.1) is 12.4 Å². The van der Waals surface area contributed by atoms with E-state index in [1.807, 2.05) is 44.2 Å². The van der Waals surface area contributed by atoms with Gasteiger partial charge in [0.1, 0.15) is 0 Å². The first-order chi connectivity index (χ1) is 11.5. The van der Waals surface area contributed by atoms with E-state index >= 15 is 0 Å². The lowest BCUT2D eigenvalue weighted by Gasteiger charge is -2.31. The number of nitrogens with one attached hydrogen (secondary N) is 1. The predicted octanol–water partition coefficient (Wildman–Crippen LogP) is 4.35. The monoisotopic (exact) mass is 379 g/mol. The smallest absolute Gasteiger partial charge is 0.243 e. The van der Waals surface area contributed by atoms with Gasteiger partial charge in [-0.1, -0.05) is 23.7 Å². The number of anilines is 3. The minimum Gasteiger partial charge on any atom is -0.398 e. The van der Waals surface area contributed by atoms with E-state index < -0.39 is 0 Å². The van der Waals surface area contributed by atoms with Crippen LogP contribution in [0.4, 0.5) is 17.1 Å². The van der Waals surface area contributed by atoms with Gasteiger partial charge in [-0.3, -0.25) is 4.79 Å². The van der Waals surface area contributed by atoms with E-state index in [4.69, 9.17) is 17.3 Å². The number of benzene rings is 2. The predicted molar refractivity (Wildman–Crippen MR) is 108 cm³/mol. The molecule has 3 N–H and O–H groups in total. The first-order valence-electron chi connectivity index (χ1n) is 8.14. The van der Waals surface area contributed by atoms with Crippen molar-refractivity contribution in [2.75, 3.05) is 29.0 Å². The lowest BCUT2D eigenvalue weighted by Crippen LogP contribution is -2.37. The molecule has 0 radical (unpaired) electrons. The summed E-state index contributed by atoms with van der Waals surface area (Å²) in [6.45, 7) is 5.08. The molecule has 2 aromatic rings. The minimum atomic E-state index is -0.0703. The Labute approximate surface area is 159 Å². The van der Waals surface area contributed by atoms with Crippen molar-refractivity contribution >= 4 is 47.0 Å². The average Bonchev–Trinajstić information content (AvgIpc) is 2.52. The van der Waals surface area contributed by atoms with E-state index in [0.29, 0.717) is 17.3 Å². The number of nitrogen functional groups attached to an aromatic ring is 1. The van der Waals surface area contributed by atoms with Crippen LogP contribution in [-0.4, -0.2) is 19.0 Å². The number of carbonyl (C=O) groups is 1. The van der Waals surface area contributed by atoms with Crippen molar-refractivity contribution < 1.29 is 4.79 Å². The van der Waals surface area contributed by atoms with Gasteiger partial charge in [0, 0.05) is 17.9 Å². The molecule has 1 aliphatic rings. The van der Waals surface area contributed by atoms with Gasteiger partial charge in [-0.05, 0) is 61.6 Å². The van der Waals surface area contributed by atoms with Crippen LogP contribution in [0.2, 0.25) is 5.02 Å². The fourth-order valence-electron chi connectivity index (χ4n) is 3.32. The quantitative estimate of drug-likeness (QED) is 0.779. The van der Waals surface area contributed by atoms with Crippen LogP contribution in [0.15, 0.2) is 30.3 Å². The summed E-state index contributed by atoms with van der Waals surface area (Å²) in [7, 11) is 0. The highest BCUT2D eigenvalue weighted by atomic mass is 35.5. The molecule has 0 aromatic heterocycles. The number of hydrogen-bond acceptors (Lipinski definition) is 3. The Bertz CT molecular complexity index is 769. The molecular formula is C19H23Cl2N3O. The zero-order valence-corrected chi connectivity index (χ0v) is 16.0. The average molecular weight is 380 g/mol.